The first-order valence-corrected chi connectivity index (χ1v) is 2.74. The summed E-state index contributed by atoms with van der Waals surface area (Å²) in [5.41, 5.74) is 0.262. The van der Waals surface area contributed by atoms with E-state index in [-0.39, 0.29) is 11.6 Å². The number of carbonyl (C=O) groups excluding carboxylic acids is 1. The van der Waals surface area contributed by atoms with Gasteiger partial charge in [-0.15, -0.1) is 0 Å². The van der Waals surface area contributed by atoms with Crippen LogP contribution in [0.1, 0.15) is 10.5 Å². The third-order valence-corrected chi connectivity index (χ3v) is 0.971. The van der Waals surface area contributed by atoms with Gasteiger partial charge in [0.05, 0.1) is 0 Å². The fraction of sp³-hybridized carbons (Fsp3) is 0.167. The van der Waals surface area contributed by atoms with Gasteiger partial charge in [0.25, 0.3) is 5.91 Å². The summed E-state index contributed by atoms with van der Waals surface area (Å²) >= 11 is 0. The van der Waals surface area contributed by atoms with Crippen LogP contribution in [0.5, 0.6) is 0 Å². The van der Waals surface area contributed by atoms with E-state index in [0.717, 1.165) is 0 Å². The molecule has 1 aromatic rings. The molecular formula is C6H6N3O. The number of rotatable bonds is 1. The minimum atomic E-state index is -0.248. The van der Waals surface area contributed by atoms with Crippen molar-refractivity contribution >= 4 is 5.91 Å². The number of carbonyl (C=O) groups is 1. The van der Waals surface area contributed by atoms with Crippen molar-refractivity contribution in [3.8, 4) is 0 Å². The predicted octanol–water partition coefficient (Wildman–Crippen LogP) is -0.364. The quantitative estimate of drug-likeness (QED) is 0.573. The first-order valence-electron chi connectivity index (χ1n) is 2.74. The summed E-state index contributed by atoms with van der Waals surface area (Å²) in [6, 6.07) is 2.58. The maximum absolute atomic E-state index is 10.8. The van der Waals surface area contributed by atoms with Gasteiger partial charge in [0.1, 0.15) is 12.0 Å². The van der Waals surface area contributed by atoms with E-state index >= 15 is 0 Å². The van der Waals surface area contributed by atoms with Crippen LogP contribution in [0.3, 0.4) is 0 Å². The topological polar surface area (TPSA) is 54.9 Å². The van der Waals surface area contributed by atoms with Gasteiger partial charge in [-0.05, 0) is 0 Å². The lowest BCUT2D eigenvalue weighted by atomic mass is 10.4. The zero-order chi connectivity index (χ0) is 7.40. The third-order valence-electron chi connectivity index (χ3n) is 0.971. The lowest BCUT2D eigenvalue weighted by Crippen LogP contribution is -2.19. The zero-order valence-corrected chi connectivity index (χ0v) is 5.46. The lowest BCUT2D eigenvalue weighted by Gasteiger charge is -1.93. The second-order valence-electron chi connectivity index (χ2n) is 1.59. The summed E-state index contributed by atoms with van der Waals surface area (Å²) in [7, 11) is 1.54. The van der Waals surface area contributed by atoms with Gasteiger partial charge in [0.2, 0.25) is 0 Å². The minimum absolute atomic E-state index is 0.248. The molecule has 0 unspecified atom stereocenters. The fourth-order valence-electron chi connectivity index (χ4n) is 0.503. The standard InChI is InChI=1S/C6H6N3O/c1-7-6(10)5-2-3-8-4-9-5/h3-4H,1H3,(H,7,10). The Labute approximate surface area is 58.3 Å². The van der Waals surface area contributed by atoms with Gasteiger partial charge < -0.3 is 5.32 Å². The van der Waals surface area contributed by atoms with Crippen LogP contribution in [0.2, 0.25) is 0 Å². The van der Waals surface area contributed by atoms with Crippen LogP contribution < -0.4 is 5.32 Å². The Kier molecular flexibility index (Phi) is 1.94. The Morgan fingerprint density at radius 3 is 3.10 bits per heavy atom. The molecule has 0 saturated heterocycles. The van der Waals surface area contributed by atoms with Crippen molar-refractivity contribution in [1.29, 1.82) is 0 Å². The SMILES string of the molecule is CNC(=O)c1[c]cncn1. The molecule has 0 aliphatic carbocycles. The minimum Gasteiger partial charge on any atom is -0.354 e. The largest absolute Gasteiger partial charge is 0.354 e. The van der Waals surface area contributed by atoms with Gasteiger partial charge in [-0.25, -0.2) is 9.97 Å². The average Bonchev–Trinajstić information content (AvgIpc) is 2.05. The van der Waals surface area contributed by atoms with Crippen LogP contribution in [-0.4, -0.2) is 22.9 Å². The molecule has 4 nitrogen and oxygen atoms in total. The van der Waals surface area contributed by atoms with Crippen molar-refractivity contribution in [3.05, 3.63) is 24.3 Å². The Bertz CT molecular complexity index is 222. The van der Waals surface area contributed by atoms with E-state index < -0.39 is 0 Å². The van der Waals surface area contributed by atoms with Crippen LogP contribution >= 0.6 is 0 Å². The first-order chi connectivity index (χ1) is 4.84. The second-order valence-corrected chi connectivity index (χ2v) is 1.59. The molecule has 0 saturated carbocycles. The highest BCUT2D eigenvalue weighted by Crippen LogP contribution is 1.86. The van der Waals surface area contributed by atoms with E-state index in [1.807, 2.05) is 0 Å². The molecule has 0 spiro atoms. The summed E-state index contributed by atoms with van der Waals surface area (Å²) in [5, 5.41) is 2.42. The summed E-state index contributed by atoms with van der Waals surface area (Å²) in [4.78, 5) is 18.1. The van der Waals surface area contributed by atoms with Crippen molar-refractivity contribution in [2.45, 2.75) is 0 Å². The summed E-state index contributed by atoms with van der Waals surface area (Å²) in [5.74, 6) is -0.248. The van der Waals surface area contributed by atoms with E-state index in [2.05, 4.69) is 21.4 Å². The molecule has 1 N–H and O–H groups in total. The molecule has 51 valence electrons. The van der Waals surface area contributed by atoms with Gasteiger partial charge >= 0.3 is 0 Å². The highest BCUT2D eigenvalue weighted by Gasteiger charge is 2.01. The Balaban J connectivity index is 2.85. The van der Waals surface area contributed by atoms with Crippen LogP contribution in [0.25, 0.3) is 0 Å². The summed E-state index contributed by atoms with van der Waals surface area (Å²) < 4.78 is 0. The van der Waals surface area contributed by atoms with E-state index in [4.69, 9.17) is 0 Å². The molecule has 10 heavy (non-hydrogen) atoms. The summed E-state index contributed by atoms with van der Waals surface area (Å²) in [6.07, 6.45) is 2.71. The van der Waals surface area contributed by atoms with E-state index in [0.29, 0.717) is 0 Å². The van der Waals surface area contributed by atoms with Crippen LogP contribution in [0, 0.1) is 6.07 Å². The van der Waals surface area contributed by atoms with Gasteiger partial charge in [-0.1, -0.05) is 0 Å². The normalized spacial score (nSPS) is 8.90. The number of hydrogen-bond donors (Lipinski definition) is 1. The van der Waals surface area contributed by atoms with Gasteiger partial charge in [0.15, 0.2) is 0 Å². The van der Waals surface area contributed by atoms with Gasteiger partial charge in [0, 0.05) is 19.3 Å². The molecule has 4 heteroatoms. The molecule has 0 aromatic carbocycles. The molecule has 0 aliphatic rings. The number of aromatic nitrogens is 2. The molecular weight excluding hydrogens is 130 g/mol. The molecule has 0 bridgehead atoms. The van der Waals surface area contributed by atoms with Crippen molar-refractivity contribution in [1.82, 2.24) is 15.3 Å². The number of hydrogen-bond acceptors (Lipinski definition) is 3. The molecule has 0 aliphatic heterocycles. The van der Waals surface area contributed by atoms with Crippen LogP contribution in [0.15, 0.2) is 12.5 Å². The zero-order valence-electron chi connectivity index (χ0n) is 5.46. The Hall–Kier alpha value is -1.45. The second kappa shape index (κ2) is 2.91. The maximum Gasteiger partial charge on any atom is 0.270 e. The van der Waals surface area contributed by atoms with Crippen molar-refractivity contribution in [3.63, 3.8) is 0 Å². The van der Waals surface area contributed by atoms with Crippen LogP contribution in [0.4, 0.5) is 0 Å². The van der Waals surface area contributed by atoms with Crippen molar-refractivity contribution in [2.24, 2.45) is 0 Å². The van der Waals surface area contributed by atoms with Gasteiger partial charge in [-0.2, -0.15) is 0 Å². The summed E-state index contributed by atoms with van der Waals surface area (Å²) in [6.45, 7) is 0. The Morgan fingerprint density at radius 1 is 1.80 bits per heavy atom. The Morgan fingerprint density at radius 2 is 2.60 bits per heavy atom. The highest BCUT2D eigenvalue weighted by molar-refractivity contribution is 5.91. The maximum atomic E-state index is 10.8. The van der Waals surface area contributed by atoms with Crippen molar-refractivity contribution < 1.29 is 4.79 Å². The van der Waals surface area contributed by atoms with Crippen LogP contribution in [-0.2, 0) is 0 Å². The third kappa shape index (κ3) is 1.28. The fourth-order valence-corrected chi connectivity index (χ4v) is 0.503. The number of nitrogens with zero attached hydrogens (tertiary/aromatic N) is 2. The number of nitrogens with one attached hydrogen (secondary N) is 1. The molecule has 1 amide bonds. The average molecular weight is 136 g/mol. The smallest absolute Gasteiger partial charge is 0.270 e. The lowest BCUT2D eigenvalue weighted by molar-refractivity contribution is 0.0957. The molecule has 1 heterocycles. The molecule has 0 fully saturated rings. The van der Waals surface area contributed by atoms with Gasteiger partial charge in [-0.3, -0.25) is 4.79 Å². The monoisotopic (exact) mass is 136 g/mol. The van der Waals surface area contributed by atoms with E-state index in [9.17, 15) is 4.79 Å². The van der Waals surface area contributed by atoms with E-state index in [1.165, 1.54) is 19.6 Å². The molecule has 1 aromatic heterocycles. The molecule has 1 rings (SSSR count). The molecule has 1 radical (unpaired) electrons. The highest BCUT2D eigenvalue weighted by atomic mass is 16.1. The van der Waals surface area contributed by atoms with E-state index in [1.54, 1.807) is 0 Å². The predicted molar refractivity (Wildman–Crippen MR) is 34.3 cm³/mol. The number of amides is 1. The van der Waals surface area contributed by atoms with Crippen molar-refractivity contribution in [2.75, 3.05) is 7.05 Å². The first kappa shape index (κ1) is 6.67. The molecule has 0 atom stereocenters.